The average molecular weight is 440 g/mol. The molecule has 0 spiro atoms. The molecule has 0 fully saturated rings. The highest BCUT2D eigenvalue weighted by Gasteiger charge is 2.19. The molecule has 0 aliphatic rings. The Bertz CT molecular complexity index is 1410. The molecule has 1 N–H and O–H groups in total. The third kappa shape index (κ3) is 3.95. The number of imidazole rings is 1. The highest BCUT2D eigenvalue weighted by molar-refractivity contribution is 6.29. The van der Waals surface area contributed by atoms with Gasteiger partial charge in [0.2, 0.25) is 11.2 Å². The number of para-hydroxylation sites is 1. The summed E-state index contributed by atoms with van der Waals surface area (Å²) < 4.78 is 9.20. The lowest BCUT2D eigenvalue weighted by Crippen LogP contribution is -2.37. The monoisotopic (exact) mass is 439 g/mol. The predicted molar refractivity (Wildman–Crippen MR) is 117 cm³/mol. The first-order valence-corrected chi connectivity index (χ1v) is 9.67. The molecule has 0 atom stereocenters. The lowest BCUT2D eigenvalue weighted by Gasteiger charge is -2.10. The first-order valence-electron chi connectivity index (χ1n) is 9.29. The van der Waals surface area contributed by atoms with Crippen molar-refractivity contribution in [1.82, 2.24) is 18.7 Å². The van der Waals surface area contributed by atoms with E-state index in [0.717, 1.165) is 4.57 Å². The minimum atomic E-state index is -0.580. The molecule has 0 radical (unpaired) electrons. The van der Waals surface area contributed by atoms with Crippen LogP contribution in [-0.4, -0.2) is 24.6 Å². The summed E-state index contributed by atoms with van der Waals surface area (Å²) in [6.07, 6.45) is 0. The molecule has 0 saturated heterocycles. The number of aryl methyl sites for hydroxylation is 1. The van der Waals surface area contributed by atoms with Gasteiger partial charge in [0.1, 0.15) is 18.0 Å². The highest BCUT2D eigenvalue weighted by Crippen LogP contribution is 2.24. The summed E-state index contributed by atoms with van der Waals surface area (Å²) in [5.74, 6) is 0.803. The van der Waals surface area contributed by atoms with Crippen molar-refractivity contribution < 1.29 is 9.53 Å². The molecule has 9 nitrogen and oxygen atoms in total. The van der Waals surface area contributed by atoms with Crippen LogP contribution in [-0.2, 0) is 25.4 Å². The van der Waals surface area contributed by atoms with Gasteiger partial charge in [-0.15, -0.1) is 0 Å². The van der Waals surface area contributed by atoms with Crippen LogP contribution < -0.4 is 21.3 Å². The van der Waals surface area contributed by atoms with E-state index in [0.29, 0.717) is 17.2 Å². The van der Waals surface area contributed by atoms with Gasteiger partial charge < -0.3 is 10.1 Å². The Kier molecular flexibility index (Phi) is 5.35. The van der Waals surface area contributed by atoms with Crippen LogP contribution in [0.15, 0.2) is 64.2 Å². The maximum absolute atomic E-state index is 12.7. The summed E-state index contributed by atoms with van der Waals surface area (Å²) in [6.45, 7) is -0.257. The Morgan fingerprint density at radius 2 is 1.74 bits per heavy atom. The number of anilines is 1. The zero-order chi connectivity index (χ0) is 22.1. The Balaban J connectivity index is 1.58. The van der Waals surface area contributed by atoms with E-state index in [-0.39, 0.29) is 23.0 Å². The van der Waals surface area contributed by atoms with E-state index in [1.54, 1.807) is 24.3 Å². The highest BCUT2D eigenvalue weighted by atomic mass is 35.5. The van der Waals surface area contributed by atoms with Crippen LogP contribution in [0.2, 0.25) is 5.28 Å². The fourth-order valence-corrected chi connectivity index (χ4v) is 3.39. The second kappa shape index (κ2) is 8.11. The van der Waals surface area contributed by atoms with Crippen molar-refractivity contribution in [2.45, 2.75) is 6.54 Å². The third-order valence-corrected chi connectivity index (χ3v) is 4.99. The van der Waals surface area contributed by atoms with Crippen LogP contribution in [0.4, 0.5) is 5.69 Å². The molecule has 10 heteroatoms. The number of benzene rings is 2. The second-order valence-corrected chi connectivity index (χ2v) is 7.17. The van der Waals surface area contributed by atoms with Gasteiger partial charge >= 0.3 is 5.69 Å². The molecule has 0 aliphatic carbocycles. The minimum Gasteiger partial charge on any atom is -0.457 e. The molecule has 0 saturated carbocycles. The lowest BCUT2D eigenvalue weighted by molar-refractivity contribution is -0.116. The van der Waals surface area contributed by atoms with E-state index in [1.165, 1.54) is 23.2 Å². The van der Waals surface area contributed by atoms with Gasteiger partial charge in [-0.25, -0.2) is 4.79 Å². The van der Waals surface area contributed by atoms with E-state index in [4.69, 9.17) is 16.3 Å². The number of fused-ring (bicyclic) bond motifs is 1. The molecule has 2 heterocycles. The molecule has 4 rings (SSSR count). The normalized spacial score (nSPS) is 10.9. The van der Waals surface area contributed by atoms with Gasteiger partial charge in [-0.2, -0.15) is 4.98 Å². The van der Waals surface area contributed by atoms with Crippen molar-refractivity contribution in [3.8, 4) is 11.5 Å². The summed E-state index contributed by atoms with van der Waals surface area (Å²) in [4.78, 5) is 41.4. The van der Waals surface area contributed by atoms with Crippen molar-refractivity contribution >= 4 is 34.4 Å². The van der Waals surface area contributed by atoms with E-state index >= 15 is 0 Å². The van der Waals surface area contributed by atoms with Crippen molar-refractivity contribution in [3.63, 3.8) is 0 Å². The van der Waals surface area contributed by atoms with Gasteiger partial charge in [0.25, 0.3) is 5.56 Å². The summed E-state index contributed by atoms with van der Waals surface area (Å²) >= 11 is 6.17. The first-order chi connectivity index (χ1) is 14.8. The molecule has 0 unspecified atom stereocenters. The number of carbonyl (C=O) groups excluding carboxylic acids is 1. The molecule has 0 bridgehead atoms. The van der Waals surface area contributed by atoms with Gasteiger partial charge in [0.15, 0.2) is 11.2 Å². The van der Waals surface area contributed by atoms with E-state index < -0.39 is 17.2 Å². The molecular formula is C21H18ClN5O4. The number of amides is 1. The van der Waals surface area contributed by atoms with E-state index in [9.17, 15) is 14.4 Å². The first kappa shape index (κ1) is 20.4. The maximum Gasteiger partial charge on any atom is 0.332 e. The molecule has 31 heavy (non-hydrogen) atoms. The number of hydrogen-bond donors (Lipinski definition) is 1. The topological polar surface area (TPSA) is 100 Å². The molecule has 2 aromatic heterocycles. The van der Waals surface area contributed by atoms with E-state index in [2.05, 4.69) is 10.3 Å². The summed E-state index contributed by atoms with van der Waals surface area (Å²) in [7, 11) is 2.84. The van der Waals surface area contributed by atoms with Crippen molar-refractivity contribution in [1.29, 1.82) is 0 Å². The molecule has 4 aromatic rings. The smallest absolute Gasteiger partial charge is 0.332 e. The zero-order valence-electron chi connectivity index (χ0n) is 16.7. The number of rotatable bonds is 5. The van der Waals surface area contributed by atoms with Gasteiger partial charge in [0.05, 0.1) is 0 Å². The second-order valence-electron chi connectivity index (χ2n) is 6.84. The van der Waals surface area contributed by atoms with Crippen molar-refractivity contribution in [2.24, 2.45) is 14.1 Å². The number of nitrogens with zero attached hydrogens (tertiary/aromatic N) is 4. The number of nitrogens with one attached hydrogen (secondary N) is 1. The molecule has 2 aromatic carbocycles. The maximum atomic E-state index is 12.7. The quantitative estimate of drug-likeness (QED) is 0.481. The van der Waals surface area contributed by atoms with Crippen molar-refractivity contribution in [2.75, 3.05) is 5.32 Å². The standard InChI is InChI=1S/C21H18ClN5O4/c1-25-18-17(19(29)26(2)21(25)30)27(20(22)24-18)12-16(28)23-13-7-6-10-15(11-13)31-14-8-4-3-5-9-14/h3-11H,12H2,1-2H3,(H,23,28). The Morgan fingerprint density at radius 1 is 1.03 bits per heavy atom. The van der Waals surface area contributed by atoms with Crippen LogP contribution in [0.1, 0.15) is 0 Å². The number of hydrogen-bond acceptors (Lipinski definition) is 5. The number of halogens is 1. The average Bonchev–Trinajstić information content (AvgIpc) is 3.08. The Labute approximate surface area is 181 Å². The summed E-state index contributed by atoms with van der Waals surface area (Å²) in [6, 6.07) is 16.2. The van der Waals surface area contributed by atoms with Crippen LogP contribution >= 0.6 is 11.6 Å². The fraction of sp³-hybridized carbons (Fsp3) is 0.143. The van der Waals surface area contributed by atoms with Gasteiger partial charge in [0, 0.05) is 25.8 Å². The Hall–Kier alpha value is -3.85. The van der Waals surface area contributed by atoms with Crippen LogP contribution in [0, 0.1) is 0 Å². The third-order valence-electron chi connectivity index (χ3n) is 4.70. The Morgan fingerprint density at radius 3 is 2.48 bits per heavy atom. The SMILES string of the molecule is Cn1c(=O)c2c(nc(Cl)n2CC(=O)Nc2cccc(Oc3ccccc3)c2)n(C)c1=O. The molecule has 158 valence electrons. The number of aromatic nitrogens is 4. The molecule has 0 aliphatic heterocycles. The lowest BCUT2D eigenvalue weighted by atomic mass is 10.3. The van der Waals surface area contributed by atoms with Crippen LogP contribution in [0.5, 0.6) is 11.5 Å². The largest absolute Gasteiger partial charge is 0.457 e. The van der Waals surface area contributed by atoms with Crippen molar-refractivity contribution in [3.05, 3.63) is 80.7 Å². The zero-order valence-corrected chi connectivity index (χ0v) is 17.5. The fourth-order valence-electron chi connectivity index (χ4n) is 3.17. The van der Waals surface area contributed by atoms with Gasteiger partial charge in [-0.1, -0.05) is 24.3 Å². The van der Waals surface area contributed by atoms with Gasteiger partial charge in [-0.3, -0.25) is 23.3 Å². The van der Waals surface area contributed by atoms with E-state index in [1.807, 2.05) is 30.3 Å². The number of carbonyl (C=O) groups is 1. The van der Waals surface area contributed by atoms with Gasteiger partial charge in [-0.05, 0) is 35.9 Å². The minimum absolute atomic E-state index is 0.0652. The molecule has 1 amide bonds. The predicted octanol–water partition coefficient (Wildman–Crippen LogP) is 2.52. The number of ether oxygens (including phenoxy) is 1. The summed E-state index contributed by atoms with van der Waals surface area (Å²) in [5, 5.41) is 2.69. The summed E-state index contributed by atoms with van der Waals surface area (Å²) in [5.41, 5.74) is -0.406. The van der Waals surface area contributed by atoms with Crippen LogP contribution in [0.25, 0.3) is 11.2 Å². The molecular weight excluding hydrogens is 422 g/mol. The van der Waals surface area contributed by atoms with Crippen LogP contribution in [0.3, 0.4) is 0 Å².